The highest BCUT2D eigenvalue weighted by Crippen LogP contribution is 2.25. The number of hydrogen-bond donors (Lipinski definition) is 2. The van der Waals surface area contributed by atoms with Crippen LogP contribution in [-0.4, -0.2) is 26.6 Å². The third-order valence-corrected chi connectivity index (χ3v) is 4.16. The molecule has 0 aliphatic heterocycles. The number of carbonyl (C=O) groups is 1. The second-order valence-electron chi connectivity index (χ2n) is 4.14. The maximum Gasteiger partial charge on any atom is 0.335 e. The van der Waals surface area contributed by atoms with Crippen molar-refractivity contribution in [3.8, 4) is 5.75 Å². The first kappa shape index (κ1) is 14.9. The van der Waals surface area contributed by atoms with Gasteiger partial charge in [0.2, 0.25) is 0 Å². The lowest BCUT2D eigenvalue weighted by Crippen LogP contribution is -2.14. The number of carboxylic acid groups (broad SMARTS) is 1. The second kappa shape index (κ2) is 5.84. The summed E-state index contributed by atoms with van der Waals surface area (Å²) in [6.07, 6.45) is 0. The summed E-state index contributed by atoms with van der Waals surface area (Å²) < 4.78 is 32.0. The van der Waals surface area contributed by atoms with Gasteiger partial charge in [0.15, 0.2) is 0 Å². The molecule has 0 unspecified atom stereocenters. The molecule has 0 heterocycles. The van der Waals surface area contributed by atoms with Gasteiger partial charge in [0.1, 0.15) is 10.6 Å². The van der Waals surface area contributed by atoms with Crippen LogP contribution in [0.25, 0.3) is 0 Å². The number of rotatable bonds is 5. The SMILES string of the molecule is COc1ccccc1S(=O)(=O)Nc1ccc(C(=O)O)cc1. The molecule has 21 heavy (non-hydrogen) atoms. The van der Waals surface area contributed by atoms with Crippen LogP contribution in [0.15, 0.2) is 53.4 Å². The monoisotopic (exact) mass is 307 g/mol. The van der Waals surface area contributed by atoms with Crippen molar-refractivity contribution in [1.82, 2.24) is 0 Å². The normalized spacial score (nSPS) is 10.9. The van der Waals surface area contributed by atoms with E-state index in [9.17, 15) is 13.2 Å². The summed E-state index contributed by atoms with van der Waals surface area (Å²) in [4.78, 5) is 10.8. The van der Waals surface area contributed by atoms with Gasteiger partial charge < -0.3 is 9.84 Å². The molecule has 0 amide bonds. The van der Waals surface area contributed by atoms with Crippen LogP contribution in [0.5, 0.6) is 5.75 Å². The Hall–Kier alpha value is -2.54. The van der Waals surface area contributed by atoms with Crippen LogP contribution in [0.4, 0.5) is 5.69 Å². The number of ether oxygens (including phenoxy) is 1. The maximum absolute atomic E-state index is 12.3. The molecular formula is C14H13NO5S. The molecule has 0 atom stereocenters. The number of hydrogen-bond acceptors (Lipinski definition) is 4. The molecular weight excluding hydrogens is 294 g/mol. The van der Waals surface area contributed by atoms with E-state index in [1.807, 2.05) is 0 Å². The van der Waals surface area contributed by atoms with Crippen LogP contribution < -0.4 is 9.46 Å². The first-order valence-electron chi connectivity index (χ1n) is 5.93. The van der Waals surface area contributed by atoms with E-state index in [4.69, 9.17) is 9.84 Å². The Kier molecular flexibility index (Phi) is 4.13. The molecule has 2 rings (SSSR count). The summed E-state index contributed by atoms with van der Waals surface area (Å²) in [6.45, 7) is 0. The Balaban J connectivity index is 2.31. The van der Waals surface area contributed by atoms with E-state index >= 15 is 0 Å². The molecule has 6 nitrogen and oxygen atoms in total. The topological polar surface area (TPSA) is 92.7 Å². The van der Waals surface area contributed by atoms with E-state index in [2.05, 4.69) is 4.72 Å². The largest absolute Gasteiger partial charge is 0.495 e. The molecule has 0 radical (unpaired) electrons. The Morgan fingerprint density at radius 2 is 1.71 bits per heavy atom. The summed E-state index contributed by atoms with van der Waals surface area (Å²) in [5.41, 5.74) is 0.348. The van der Waals surface area contributed by atoms with Crippen LogP contribution in [0.1, 0.15) is 10.4 Å². The van der Waals surface area contributed by atoms with Crippen molar-refractivity contribution in [2.24, 2.45) is 0 Å². The third-order valence-electron chi connectivity index (χ3n) is 2.74. The lowest BCUT2D eigenvalue weighted by molar-refractivity contribution is 0.0697. The van der Waals surface area contributed by atoms with Gasteiger partial charge in [-0.05, 0) is 36.4 Å². The smallest absolute Gasteiger partial charge is 0.335 e. The van der Waals surface area contributed by atoms with Crippen molar-refractivity contribution in [1.29, 1.82) is 0 Å². The van der Waals surface area contributed by atoms with E-state index in [1.54, 1.807) is 18.2 Å². The van der Waals surface area contributed by atoms with Crippen molar-refractivity contribution in [2.75, 3.05) is 11.8 Å². The fraction of sp³-hybridized carbons (Fsp3) is 0.0714. The predicted octanol–water partition coefficient (Wildman–Crippen LogP) is 2.19. The summed E-state index contributed by atoms with van der Waals surface area (Å²) in [6, 6.07) is 11.6. The molecule has 110 valence electrons. The fourth-order valence-electron chi connectivity index (χ4n) is 1.73. The van der Waals surface area contributed by atoms with Crippen LogP contribution in [0, 0.1) is 0 Å². The number of benzene rings is 2. The zero-order valence-corrected chi connectivity index (χ0v) is 11.9. The number of sulfonamides is 1. The predicted molar refractivity (Wildman–Crippen MR) is 77.2 cm³/mol. The van der Waals surface area contributed by atoms with Crippen molar-refractivity contribution in [3.63, 3.8) is 0 Å². The van der Waals surface area contributed by atoms with Gasteiger partial charge in [-0.2, -0.15) is 0 Å². The highest BCUT2D eigenvalue weighted by atomic mass is 32.2. The van der Waals surface area contributed by atoms with Gasteiger partial charge in [-0.3, -0.25) is 4.72 Å². The summed E-state index contributed by atoms with van der Waals surface area (Å²) in [5, 5.41) is 8.80. The fourth-order valence-corrected chi connectivity index (χ4v) is 2.96. The van der Waals surface area contributed by atoms with E-state index in [0.29, 0.717) is 0 Å². The van der Waals surface area contributed by atoms with Gasteiger partial charge in [0.05, 0.1) is 12.7 Å². The zero-order valence-electron chi connectivity index (χ0n) is 11.1. The Morgan fingerprint density at radius 3 is 2.29 bits per heavy atom. The minimum atomic E-state index is -3.81. The minimum absolute atomic E-state index is 0.00908. The lowest BCUT2D eigenvalue weighted by Gasteiger charge is -2.11. The quantitative estimate of drug-likeness (QED) is 0.883. The zero-order chi connectivity index (χ0) is 15.5. The standard InChI is InChI=1S/C14H13NO5S/c1-20-12-4-2-3-5-13(12)21(18,19)15-11-8-6-10(7-9-11)14(16)17/h2-9,15H,1H3,(H,16,17). The van der Waals surface area contributed by atoms with Crippen LogP contribution in [-0.2, 0) is 10.0 Å². The van der Waals surface area contributed by atoms with Crippen molar-refractivity contribution >= 4 is 21.7 Å². The minimum Gasteiger partial charge on any atom is -0.495 e. The van der Waals surface area contributed by atoms with Gasteiger partial charge in [0, 0.05) is 5.69 Å². The number of carboxylic acids is 1. The molecule has 0 saturated carbocycles. The highest BCUT2D eigenvalue weighted by Gasteiger charge is 2.19. The number of methoxy groups -OCH3 is 1. The van der Waals surface area contributed by atoms with Gasteiger partial charge >= 0.3 is 5.97 Å². The van der Waals surface area contributed by atoms with Crippen molar-refractivity contribution in [3.05, 3.63) is 54.1 Å². The average molecular weight is 307 g/mol. The van der Waals surface area contributed by atoms with Crippen molar-refractivity contribution < 1.29 is 23.1 Å². The molecule has 2 N–H and O–H groups in total. The van der Waals surface area contributed by atoms with E-state index in [-0.39, 0.29) is 21.9 Å². The molecule has 7 heteroatoms. The summed E-state index contributed by atoms with van der Waals surface area (Å²) >= 11 is 0. The number of aromatic carboxylic acids is 1. The number of para-hydroxylation sites is 1. The molecule has 2 aromatic carbocycles. The first-order chi connectivity index (χ1) is 9.94. The van der Waals surface area contributed by atoms with Gasteiger partial charge in [-0.1, -0.05) is 12.1 Å². The van der Waals surface area contributed by atoms with Gasteiger partial charge in [-0.15, -0.1) is 0 Å². The first-order valence-corrected chi connectivity index (χ1v) is 7.41. The maximum atomic E-state index is 12.3. The average Bonchev–Trinajstić information content (AvgIpc) is 2.47. The van der Waals surface area contributed by atoms with Gasteiger partial charge in [-0.25, -0.2) is 13.2 Å². The second-order valence-corrected chi connectivity index (χ2v) is 5.79. The van der Waals surface area contributed by atoms with E-state index in [0.717, 1.165) is 0 Å². The van der Waals surface area contributed by atoms with Crippen molar-refractivity contribution in [2.45, 2.75) is 4.90 Å². The van der Waals surface area contributed by atoms with E-state index in [1.165, 1.54) is 37.4 Å². The molecule has 2 aromatic rings. The molecule has 0 fully saturated rings. The lowest BCUT2D eigenvalue weighted by atomic mass is 10.2. The molecule has 0 aromatic heterocycles. The summed E-state index contributed by atoms with van der Waals surface area (Å²) in [5.74, 6) is -0.846. The third kappa shape index (κ3) is 3.32. The van der Waals surface area contributed by atoms with Crippen LogP contribution in [0.3, 0.4) is 0 Å². The Labute approximate surface area is 122 Å². The molecule has 0 saturated heterocycles. The van der Waals surface area contributed by atoms with E-state index < -0.39 is 16.0 Å². The van der Waals surface area contributed by atoms with Crippen LogP contribution >= 0.6 is 0 Å². The summed E-state index contributed by atoms with van der Waals surface area (Å²) in [7, 11) is -2.43. The number of anilines is 1. The molecule has 0 spiro atoms. The Morgan fingerprint density at radius 1 is 1.10 bits per heavy atom. The van der Waals surface area contributed by atoms with Crippen LogP contribution in [0.2, 0.25) is 0 Å². The number of nitrogens with one attached hydrogen (secondary N) is 1. The molecule has 0 aliphatic rings. The molecule has 0 aliphatic carbocycles. The van der Waals surface area contributed by atoms with Gasteiger partial charge in [0.25, 0.3) is 10.0 Å². The highest BCUT2D eigenvalue weighted by molar-refractivity contribution is 7.92. The Bertz CT molecular complexity index is 753. The molecule has 0 bridgehead atoms.